The third kappa shape index (κ3) is 5.20. The molecule has 2 aliphatic rings. The highest BCUT2D eigenvalue weighted by Crippen LogP contribution is 2.43. The van der Waals surface area contributed by atoms with Gasteiger partial charge in [-0.05, 0) is 51.8 Å². The van der Waals surface area contributed by atoms with Gasteiger partial charge in [0, 0.05) is 47.3 Å². The van der Waals surface area contributed by atoms with Gasteiger partial charge in [-0.1, -0.05) is 30.7 Å². The second kappa shape index (κ2) is 10.7. The quantitative estimate of drug-likeness (QED) is 0.318. The van der Waals surface area contributed by atoms with Crippen LogP contribution in [0, 0.1) is 30.9 Å². The first-order valence-electron chi connectivity index (χ1n) is 13.4. The van der Waals surface area contributed by atoms with Crippen molar-refractivity contribution in [2.24, 2.45) is 5.41 Å². The highest BCUT2D eigenvalue weighted by atomic mass is 35.5. The third-order valence-electron chi connectivity index (χ3n) is 8.40. The highest BCUT2D eigenvalue weighted by molar-refractivity contribution is 6.30. The Morgan fingerprint density at radius 1 is 1.30 bits per heavy atom. The number of aryl methyl sites for hydroxylation is 1. The Morgan fingerprint density at radius 3 is 2.65 bits per heavy atom. The largest absolute Gasteiger partial charge is 0.481 e. The van der Waals surface area contributed by atoms with Gasteiger partial charge in [0.2, 0.25) is 0 Å². The lowest BCUT2D eigenvalue weighted by atomic mass is 9.71. The molecule has 2 saturated heterocycles. The van der Waals surface area contributed by atoms with Gasteiger partial charge in [-0.25, -0.2) is 13.8 Å². The van der Waals surface area contributed by atoms with E-state index in [-0.39, 0.29) is 36.0 Å². The van der Waals surface area contributed by atoms with Crippen molar-refractivity contribution in [3.8, 4) is 0 Å². The molecule has 3 aromatic rings. The van der Waals surface area contributed by atoms with Gasteiger partial charge in [0.15, 0.2) is 5.82 Å². The van der Waals surface area contributed by atoms with Gasteiger partial charge in [0.1, 0.15) is 17.5 Å². The lowest BCUT2D eigenvalue weighted by Crippen LogP contribution is -2.50. The van der Waals surface area contributed by atoms with Crippen LogP contribution in [0.2, 0.25) is 5.02 Å². The van der Waals surface area contributed by atoms with E-state index in [0.717, 1.165) is 5.69 Å². The number of pyridine rings is 1. The lowest BCUT2D eigenvalue weighted by Gasteiger charge is -2.44. The van der Waals surface area contributed by atoms with Crippen molar-refractivity contribution in [2.45, 2.75) is 65.0 Å². The van der Waals surface area contributed by atoms with Crippen molar-refractivity contribution < 1.29 is 23.4 Å². The Morgan fingerprint density at radius 2 is 2.05 bits per heavy atom. The number of nitrogens with one attached hydrogen (secondary N) is 2. The molecule has 0 saturated carbocycles. The van der Waals surface area contributed by atoms with Crippen LogP contribution in [-0.4, -0.2) is 57.0 Å². The van der Waals surface area contributed by atoms with Crippen molar-refractivity contribution in [3.05, 3.63) is 69.0 Å². The average molecular weight is 574 g/mol. The number of hydrogen-bond donors (Lipinski definition) is 3. The minimum Gasteiger partial charge on any atom is -0.481 e. The van der Waals surface area contributed by atoms with Crippen molar-refractivity contribution >= 4 is 29.2 Å². The number of likely N-dealkylation sites (tertiary alicyclic amines) is 1. The van der Waals surface area contributed by atoms with Crippen LogP contribution in [0.3, 0.4) is 0 Å². The smallest absolute Gasteiger partial charge is 0.310 e. The summed E-state index contributed by atoms with van der Waals surface area (Å²) in [5, 5.41) is 20.8. The molecule has 0 unspecified atom stereocenters. The number of carbonyl (C=O) groups is 1. The summed E-state index contributed by atoms with van der Waals surface area (Å²) in [6.45, 7) is 8.99. The second-order valence-corrected chi connectivity index (χ2v) is 12.0. The van der Waals surface area contributed by atoms with Gasteiger partial charge >= 0.3 is 5.97 Å². The molecule has 2 fully saturated rings. The molecule has 0 amide bonds. The summed E-state index contributed by atoms with van der Waals surface area (Å²) in [6.07, 6.45) is 0.452. The van der Waals surface area contributed by atoms with Crippen LogP contribution < -0.4 is 5.32 Å². The van der Waals surface area contributed by atoms with Gasteiger partial charge in [-0.2, -0.15) is 5.10 Å². The van der Waals surface area contributed by atoms with E-state index in [2.05, 4.69) is 20.5 Å². The molecule has 2 aliphatic heterocycles. The number of H-pyrrole nitrogens is 1. The lowest BCUT2D eigenvalue weighted by molar-refractivity contribution is -0.153. The van der Waals surface area contributed by atoms with Crippen LogP contribution in [0.4, 0.5) is 20.4 Å². The minimum absolute atomic E-state index is 0.0544. The molecule has 0 spiro atoms. The van der Waals surface area contributed by atoms with E-state index in [1.54, 1.807) is 12.1 Å². The van der Waals surface area contributed by atoms with Gasteiger partial charge in [0.05, 0.1) is 29.3 Å². The molecule has 5 rings (SSSR count). The maximum Gasteiger partial charge on any atom is 0.310 e. The number of carboxylic acid groups (broad SMARTS) is 1. The van der Waals surface area contributed by atoms with E-state index < -0.39 is 28.4 Å². The zero-order valence-corrected chi connectivity index (χ0v) is 23.8. The highest BCUT2D eigenvalue weighted by Gasteiger charge is 2.47. The Hall–Kier alpha value is -3.08. The van der Waals surface area contributed by atoms with Crippen molar-refractivity contribution in [2.75, 3.05) is 25.1 Å². The molecule has 4 heterocycles. The van der Waals surface area contributed by atoms with E-state index in [1.807, 2.05) is 38.7 Å². The minimum atomic E-state index is -1.24. The predicted octanol–water partition coefficient (Wildman–Crippen LogP) is 5.68. The average Bonchev–Trinajstić information content (AvgIpc) is 3.29. The summed E-state index contributed by atoms with van der Waals surface area (Å²) in [5.74, 6) is -0.968. The van der Waals surface area contributed by atoms with Crippen molar-refractivity contribution in [1.82, 2.24) is 20.1 Å². The fourth-order valence-electron chi connectivity index (χ4n) is 6.06. The number of nitrogens with zero attached hydrogens (tertiary/aromatic N) is 3. The topological polar surface area (TPSA) is 103 Å². The van der Waals surface area contributed by atoms with Crippen molar-refractivity contribution in [3.63, 3.8) is 0 Å². The van der Waals surface area contributed by atoms with Crippen LogP contribution >= 0.6 is 11.6 Å². The summed E-state index contributed by atoms with van der Waals surface area (Å²) in [5.41, 5.74) is 0.763. The van der Waals surface area contributed by atoms with Gasteiger partial charge in [0.25, 0.3) is 0 Å². The Balaban J connectivity index is 1.46. The second-order valence-electron chi connectivity index (χ2n) is 11.6. The number of halogens is 3. The number of aromatic amines is 1. The molecule has 11 heteroatoms. The van der Waals surface area contributed by atoms with Crippen LogP contribution in [0.15, 0.2) is 24.3 Å². The fraction of sp³-hybridized carbons (Fsp3) is 0.483. The third-order valence-corrected chi connectivity index (χ3v) is 8.69. The molecule has 0 aliphatic carbocycles. The zero-order valence-electron chi connectivity index (χ0n) is 23.1. The number of aliphatic carboxylic acids is 1. The number of rotatable bonds is 8. The summed E-state index contributed by atoms with van der Waals surface area (Å²) >= 11 is 5.96. The number of aromatic nitrogens is 3. The zero-order chi connectivity index (χ0) is 28.8. The summed E-state index contributed by atoms with van der Waals surface area (Å²) in [7, 11) is 0. The van der Waals surface area contributed by atoms with Crippen LogP contribution in [0.1, 0.15) is 54.8 Å². The number of ether oxygens (including phenoxy) is 1. The predicted molar refractivity (Wildman–Crippen MR) is 148 cm³/mol. The summed E-state index contributed by atoms with van der Waals surface area (Å²) in [4.78, 5) is 19.5. The molecule has 0 bridgehead atoms. The standard InChI is InChI=1S/C29H34ClF2N5O3/c1-16-10-22(36-35-16)34-26-18(3)23(28(4)14-40-15-28)25(32)21(33-26)12-29(27(38)39)8-9-37(17(2)11-29)13-19-6-5-7-20(30)24(19)31/h5-7,10,17H,8-9,11-15H2,1-4H3,(H,38,39)(H2,33,34,35,36)/t17-,29-/m1/s1. The number of benzene rings is 1. The van der Waals surface area contributed by atoms with Crippen LogP contribution in [0.5, 0.6) is 0 Å². The molecule has 214 valence electrons. The number of anilines is 2. The molecule has 1 aromatic carbocycles. The molecular formula is C29H34ClF2N5O3. The van der Waals surface area contributed by atoms with Crippen molar-refractivity contribution in [1.29, 1.82) is 0 Å². The SMILES string of the molecule is Cc1cc(Nc2nc(C[C@@]3(C(=O)O)CCN(Cc4cccc(Cl)c4F)[C@H](C)C3)c(F)c(C3(C)COC3)c2C)n[nH]1. The van der Waals surface area contributed by atoms with Gasteiger partial charge in [-0.15, -0.1) is 0 Å². The molecule has 2 aromatic heterocycles. The van der Waals surface area contributed by atoms with Gasteiger partial charge < -0.3 is 15.2 Å². The van der Waals surface area contributed by atoms with E-state index in [0.29, 0.717) is 54.6 Å². The number of carboxylic acids is 1. The van der Waals surface area contributed by atoms with E-state index in [4.69, 9.17) is 16.3 Å². The molecule has 8 nitrogen and oxygen atoms in total. The van der Waals surface area contributed by atoms with Crippen LogP contribution in [-0.2, 0) is 27.9 Å². The van der Waals surface area contributed by atoms with E-state index in [1.165, 1.54) is 6.07 Å². The van der Waals surface area contributed by atoms with E-state index in [9.17, 15) is 14.3 Å². The molecule has 0 radical (unpaired) electrons. The molecule has 40 heavy (non-hydrogen) atoms. The first-order chi connectivity index (χ1) is 18.9. The molecular weight excluding hydrogens is 540 g/mol. The summed E-state index contributed by atoms with van der Waals surface area (Å²) in [6, 6.07) is 6.50. The first kappa shape index (κ1) is 28.4. The first-order valence-corrected chi connectivity index (χ1v) is 13.8. The Bertz CT molecular complexity index is 1440. The maximum absolute atomic E-state index is 16.3. The Labute approximate surface area is 237 Å². The Kier molecular flexibility index (Phi) is 7.62. The summed E-state index contributed by atoms with van der Waals surface area (Å²) < 4.78 is 36.3. The monoisotopic (exact) mass is 573 g/mol. The number of piperidine rings is 1. The molecule has 2 atom stereocenters. The number of hydrogen-bond acceptors (Lipinski definition) is 6. The van der Waals surface area contributed by atoms with Gasteiger partial charge in [-0.3, -0.25) is 14.8 Å². The molecule has 3 N–H and O–H groups in total. The maximum atomic E-state index is 16.3. The fourth-order valence-corrected chi connectivity index (χ4v) is 6.25. The van der Waals surface area contributed by atoms with E-state index >= 15 is 4.39 Å². The normalized spacial score (nSPS) is 22.6. The van der Waals surface area contributed by atoms with Crippen LogP contribution in [0.25, 0.3) is 0 Å².